The Labute approximate surface area is 131 Å². The van der Waals surface area contributed by atoms with E-state index < -0.39 is 0 Å². The highest BCUT2D eigenvalue weighted by molar-refractivity contribution is 5.92. The number of nitrogens with two attached hydrogens (primary N) is 1. The largest absolute Gasteiger partial charge is 0.489 e. The van der Waals surface area contributed by atoms with E-state index in [1.165, 1.54) is 0 Å². The molecule has 3 rings (SSSR count). The zero-order valence-electron chi connectivity index (χ0n) is 13.6. The highest BCUT2D eigenvalue weighted by atomic mass is 16.5. The number of ether oxygens (including phenoxy) is 1. The number of hydrogen-bond acceptors (Lipinski definition) is 3. The van der Waals surface area contributed by atoms with Gasteiger partial charge in [-0.25, -0.2) is 0 Å². The van der Waals surface area contributed by atoms with Gasteiger partial charge in [-0.15, -0.1) is 0 Å². The minimum atomic E-state index is -0.0709. The third-order valence-corrected chi connectivity index (χ3v) is 5.20. The van der Waals surface area contributed by atoms with Crippen molar-refractivity contribution in [2.24, 2.45) is 16.6 Å². The van der Waals surface area contributed by atoms with Crippen molar-refractivity contribution in [1.29, 1.82) is 5.26 Å². The number of benzene rings is 2. The van der Waals surface area contributed by atoms with Crippen molar-refractivity contribution < 1.29 is 4.74 Å². The van der Waals surface area contributed by atoms with Crippen LogP contribution < -0.4 is 10.5 Å². The van der Waals surface area contributed by atoms with Crippen molar-refractivity contribution in [1.82, 2.24) is 0 Å². The molecule has 0 heterocycles. The van der Waals surface area contributed by atoms with E-state index in [2.05, 4.69) is 33.8 Å². The summed E-state index contributed by atoms with van der Waals surface area (Å²) >= 11 is 0. The van der Waals surface area contributed by atoms with E-state index >= 15 is 0 Å². The molecule has 0 bridgehead atoms. The van der Waals surface area contributed by atoms with Crippen LogP contribution in [0.5, 0.6) is 5.75 Å². The van der Waals surface area contributed by atoms with Crippen LogP contribution in [0.3, 0.4) is 0 Å². The first kappa shape index (κ1) is 14.9. The summed E-state index contributed by atoms with van der Waals surface area (Å²) in [5.74, 6) is 0.827. The Morgan fingerprint density at radius 1 is 1.00 bits per heavy atom. The molecule has 114 valence electrons. The second-order valence-corrected chi connectivity index (χ2v) is 7.39. The van der Waals surface area contributed by atoms with Gasteiger partial charge in [0.25, 0.3) is 0 Å². The van der Waals surface area contributed by atoms with Crippen LogP contribution in [0, 0.1) is 22.2 Å². The Morgan fingerprint density at radius 3 is 2.18 bits per heavy atom. The van der Waals surface area contributed by atoms with Crippen LogP contribution in [-0.4, -0.2) is 12.1 Å². The normalized spacial score (nSPS) is 25.3. The van der Waals surface area contributed by atoms with Crippen molar-refractivity contribution in [3.63, 3.8) is 0 Å². The number of nitriles is 1. The summed E-state index contributed by atoms with van der Waals surface area (Å²) in [6.45, 7) is 8.61. The van der Waals surface area contributed by atoms with Crippen molar-refractivity contribution in [3.05, 3.63) is 42.0 Å². The molecule has 0 saturated heterocycles. The van der Waals surface area contributed by atoms with Crippen LogP contribution in [0.15, 0.2) is 36.4 Å². The number of hydrogen-bond donors (Lipinski definition) is 1. The lowest BCUT2D eigenvalue weighted by Gasteiger charge is -2.61. The lowest BCUT2D eigenvalue weighted by molar-refractivity contribution is -0.154. The molecule has 1 aliphatic rings. The second kappa shape index (κ2) is 4.72. The molecule has 2 aromatic carbocycles. The van der Waals surface area contributed by atoms with Crippen LogP contribution in [-0.2, 0) is 0 Å². The molecule has 2 N–H and O–H groups in total. The lowest BCUT2D eigenvalue weighted by atomic mass is 9.50. The van der Waals surface area contributed by atoms with Crippen LogP contribution in [0.1, 0.15) is 33.3 Å². The fourth-order valence-corrected chi connectivity index (χ4v) is 4.05. The third-order valence-electron chi connectivity index (χ3n) is 5.20. The number of rotatable bonds is 2. The average molecular weight is 294 g/mol. The monoisotopic (exact) mass is 294 g/mol. The van der Waals surface area contributed by atoms with E-state index in [0.29, 0.717) is 5.56 Å². The minimum absolute atomic E-state index is 0.0475. The quantitative estimate of drug-likeness (QED) is 0.915. The Hall–Kier alpha value is -2.05. The smallest absolute Gasteiger partial charge is 0.127 e. The maximum atomic E-state index is 9.26. The van der Waals surface area contributed by atoms with Crippen molar-refractivity contribution >= 4 is 10.8 Å². The average Bonchev–Trinajstić information content (AvgIpc) is 2.51. The summed E-state index contributed by atoms with van der Waals surface area (Å²) in [6.07, 6.45) is 0.0475. The summed E-state index contributed by atoms with van der Waals surface area (Å²) in [5.41, 5.74) is 6.84. The van der Waals surface area contributed by atoms with Gasteiger partial charge in [-0.05, 0) is 12.1 Å². The predicted octanol–water partition coefficient (Wildman–Crippen LogP) is 3.85. The first-order valence-corrected chi connectivity index (χ1v) is 7.64. The van der Waals surface area contributed by atoms with Crippen molar-refractivity contribution in [2.75, 3.05) is 0 Å². The van der Waals surface area contributed by atoms with Gasteiger partial charge in [-0.2, -0.15) is 5.26 Å². The molecule has 1 aliphatic carbocycles. The molecule has 0 atom stereocenters. The molecule has 0 amide bonds. The Kier molecular flexibility index (Phi) is 3.19. The predicted molar refractivity (Wildman–Crippen MR) is 88.6 cm³/mol. The molecule has 2 aromatic rings. The van der Waals surface area contributed by atoms with Crippen LogP contribution in [0.25, 0.3) is 10.8 Å². The van der Waals surface area contributed by atoms with Gasteiger partial charge in [0, 0.05) is 27.6 Å². The van der Waals surface area contributed by atoms with E-state index in [0.717, 1.165) is 16.5 Å². The zero-order chi connectivity index (χ0) is 16.1. The van der Waals surface area contributed by atoms with Gasteiger partial charge < -0.3 is 10.5 Å². The Bertz CT molecular complexity index is 755. The summed E-state index contributed by atoms with van der Waals surface area (Å²) in [5, 5.41) is 11.2. The molecule has 1 fully saturated rings. The van der Waals surface area contributed by atoms with E-state index in [-0.39, 0.29) is 23.0 Å². The third kappa shape index (κ3) is 1.91. The SMILES string of the molecule is CC1(C)C(N)C(C)(C)C1Oc1ccc(C#N)c2ccccc12. The topological polar surface area (TPSA) is 59.0 Å². The van der Waals surface area contributed by atoms with Gasteiger partial charge in [0.2, 0.25) is 0 Å². The summed E-state index contributed by atoms with van der Waals surface area (Å²) < 4.78 is 6.37. The molecule has 22 heavy (non-hydrogen) atoms. The molecule has 0 unspecified atom stereocenters. The summed E-state index contributed by atoms with van der Waals surface area (Å²) in [7, 11) is 0. The fourth-order valence-electron chi connectivity index (χ4n) is 4.05. The second-order valence-electron chi connectivity index (χ2n) is 7.39. The standard InChI is InChI=1S/C19H22N2O/c1-18(2)16(21)19(3,4)17(18)22-15-10-9-12(11-20)13-7-5-6-8-14(13)15/h5-10,16-17H,21H2,1-4H3. The van der Waals surface area contributed by atoms with Crippen LogP contribution >= 0.6 is 0 Å². The molecular formula is C19H22N2O. The fraction of sp³-hybridized carbons (Fsp3) is 0.421. The first-order valence-electron chi connectivity index (χ1n) is 7.64. The highest BCUT2D eigenvalue weighted by Crippen LogP contribution is 2.54. The maximum Gasteiger partial charge on any atom is 0.127 e. The van der Waals surface area contributed by atoms with Crippen LogP contribution in [0.4, 0.5) is 0 Å². The van der Waals surface area contributed by atoms with Gasteiger partial charge >= 0.3 is 0 Å². The van der Waals surface area contributed by atoms with E-state index in [1.807, 2.05) is 36.4 Å². The molecule has 0 spiro atoms. The summed E-state index contributed by atoms with van der Waals surface area (Å²) in [6, 6.07) is 14.0. The summed E-state index contributed by atoms with van der Waals surface area (Å²) in [4.78, 5) is 0. The maximum absolute atomic E-state index is 9.26. The van der Waals surface area contributed by atoms with Gasteiger partial charge in [-0.1, -0.05) is 52.0 Å². The molecule has 0 radical (unpaired) electrons. The van der Waals surface area contributed by atoms with E-state index in [1.54, 1.807) is 0 Å². The molecular weight excluding hydrogens is 272 g/mol. The molecule has 0 aromatic heterocycles. The minimum Gasteiger partial charge on any atom is -0.489 e. The van der Waals surface area contributed by atoms with Gasteiger partial charge in [0.15, 0.2) is 0 Å². The van der Waals surface area contributed by atoms with E-state index in [9.17, 15) is 5.26 Å². The first-order chi connectivity index (χ1) is 10.3. The van der Waals surface area contributed by atoms with Crippen molar-refractivity contribution in [3.8, 4) is 11.8 Å². The number of nitrogens with zero attached hydrogens (tertiary/aromatic N) is 1. The van der Waals surface area contributed by atoms with Crippen LogP contribution in [0.2, 0.25) is 0 Å². The number of fused-ring (bicyclic) bond motifs is 1. The molecule has 3 nitrogen and oxygen atoms in total. The van der Waals surface area contributed by atoms with E-state index in [4.69, 9.17) is 10.5 Å². The molecule has 1 saturated carbocycles. The van der Waals surface area contributed by atoms with Gasteiger partial charge in [0.05, 0.1) is 11.6 Å². The van der Waals surface area contributed by atoms with Gasteiger partial charge in [0.1, 0.15) is 11.9 Å². The Balaban J connectivity index is 2.05. The lowest BCUT2D eigenvalue weighted by Crippen LogP contribution is -2.72. The van der Waals surface area contributed by atoms with Gasteiger partial charge in [-0.3, -0.25) is 0 Å². The molecule has 0 aliphatic heterocycles. The highest BCUT2D eigenvalue weighted by Gasteiger charge is 2.61. The molecule has 3 heteroatoms. The van der Waals surface area contributed by atoms with Crippen molar-refractivity contribution in [2.45, 2.75) is 39.8 Å². The Morgan fingerprint density at radius 2 is 1.59 bits per heavy atom. The zero-order valence-corrected chi connectivity index (χ0v) is 13.6.